The van der Waals surface area contributed by atoms with Crippen LogP contribution in [0.2, 0.25) is 0 Å². The van der Waals surface area contributed by atoms with E-state index in [0.29, 0.717) is 12.5 Å². The van der Waals surface area contributed by atoms with E-state index >= 15 is 0 Å². The molecule has 27 heavy (non-hydrogen) atoms. The summed E-state index contributed by atoms with van der Waals surface area (Å²) in [5.41, 5.74) is 2.75. The van der Waals surface area contributed by atoms with Crippen LogP contribution in [-0.2, 0) is 6.54 Å². The number of anilines is 3. The largest absolute Gasteiger partial charge is 0.360 e. The quantitative estimate of drug-likeness (QED) is 0.460. The van der Waals surface area contributed by atoms with Gasteiger partial charge in [0, 0.05) is 12.2 Å². The molecule has 0 spiro atoms. The Morgan fingerprint density at radius 3 is 2.30 bits per heavy atom. The topological polar surface area (TPSA) is 93.0 Å². The van der Waals surface area contributed by atoms with Crippen LogP contribution in [0.15, 0.2) is 60.9 Å². The van der Waals surface area contributed by atoms with Crippen molar-refractivity contribution in [1.82, 2.24) is 9.97 Å². The van der Waals surface area contributed by atoms with Gasteiger partial charge in [-0.2, -0.15) is 0 Å². The lowest BCUT2D eigenvalue weighted by molar-refractivity contribution is -0.383. The lowest BCUT2D eigenvalue weighted by Crippen LogP contribution is -2.08. The number of nitrogens with one attached hydrogen (secondary N) is 2. The highest BCUT2D eigenvalue weighted by molar-refractivity contribution is 5.73. The fourth-order valence-corrected chi connectivity index (χ4v) is 2.64. The van der Waals surface area contributed by atoms with Crippen LogP contribution in [0.3, 0.4) is 0 Å². The van der Waals surface area contributed by atoms with Crippen molar-refractivity contribution in [2.75, 3.05) is 10.6 Å². The maximum Gasteiger partial charge on any atom is 0.353 e. The number of nitrogens with zero attached hydrogens (tertiary/aromatic N) is 3. The van der Waals surface area contributed by atoms with Crippen LogP contribution < -0.4 is 10.6 Å². The summed E-state index contributed by atoms with van der Waals surface area (Å²) >= 11 is 0. The van der Waals surface area contributed by atoms with Gasteiger partial charge in [-0.1, -0.05) is 56.3 Å². The van der Waals surface area contributed by atoms with Crippen molar-refractivity contribution >= 4 is 23.0 Å². The first kappa shape index (κ1) is 18.3. The second-order valence-corrected chi connectivity index (χ2v) is 6.42. The first-order valence-corrected chi connectivity index (χ1v) is 8.68. The van der Waals surface area contributed by atoms with Gasteiger partial charge in [0.15, 0.2) is 0 Å². The molecule has 0 saturated heterocycles. The Morgan fingerprint density at radius 1 is 1.00 bits per heavy atom. The van der Waals surface area contributed by atoms with Crippen LogP contribution in [0.5, 0.6) is 0 Å². The summed E-state index contributed by atoms with van der Waals surface area (Å²) in [4.78, 5) is 19.3. The molecular formula is C20H21N5O2. The Bertz CT molecular complexity index is 911. The van der Waals surface area contributed by atoms with Crippen LogP contribution in [0.4, 0.5) is 23.0 Å². The standard InChI is InChI=1S/C20H21N5O2/c1-14(2)16-8-10-17(11-9-16)24-20-18(25(26)27)19(22-13-23-20)21-12-15-6-4-3-5-7-15/h3-11,13-14H,12H2,1-2H3,(H2,21,22,23,24). The van der Waals surface area contributed by atoms with E-state index in [0.717, 1.165) is 11.3 Å². The van der Waals surface area contributed by atoms with Crippen molar-refractivity contribution in [1.29, 1.82) is 0 Å². The Hall–Kier alpha value is -3.48. The van der Waals surface area contributed by atoms with Crippen LogP contribution in [0.25, 0.3) is 0 Å². The fraction of sp³-hybridized carbons (Fsp3) is 0.200. The van der Waals surface area contributed by atoms with Crippen molar-refractivity contribution in [3.63, 3.8) is 0 Å². The number of benzene rings is 2. The third kappa shape index (κ3) is 4.58. The zero-order valence-electron chi connectivity index (χ0n) is 15.2. The third-order valence-corrected chi connectivity index (χ3v) is 4.15. The van der Waals surface area contributed by atoms with Gasteiger partial charge in [0.05, 0.1) is 4.92 Å². The monoisotopic (exact) mass is 363 g/mol. The van der Waals surface area contributed by atoms with Crippen molar-refractivity contribution in [3.8, 4) is 0 Å². The molecular weight excluding hydrogens is 342 g/mol. The summed E-state index contributed by atoms with van der Waals surface area (Å²) in [6.45, 7) is 4.66. The summed E-state index contributed by atoms with van der Waals surface area (Å²) in [7, 11) is 0. The molecule has 7 heteroatoms. The van der Waals surface area contributed by atoms with E-state index in [-0.39, 0.29) is 17.3 Å². The molecule has 0 aliphatic heterocycles. The van der Waals surface area contributed by atoms with E-state index in [1.165, 1.54) is 11.9 Å². The molecule has 0 saturated carbocycles. The van der Waals surface area contributed by atoms with Gasteiger partial charge in [-0.3, -0.25) is 10.1 Å². The molecule has 0 amide bonds. The van der Waals surface area contributed by atoms with Gasteiger partial charge in [0.25, 0.3) is 0 Å². The first-order chi connectivity index (χ1) is 13.0. The highest BCUT2D eigenvalue weighted by atomic mass is 16.6. The molecule has 7 nitrogen and oxygen atoms in total. The molecule has 0 aliphatic rings. The molecule has 0 bridgehead atoms. The van der Waals surface area contributed by atoms with Crippen LogP contribution >= 0.6 is 0 Å². The Morgan fingerprint density at radius 2 is 1.67 bits per heavy atom. The maximum absolute atomic E-state index is 11.6. The second kappa shape index (κ2) is 8.27. The SMILES string of the molecule is CC(C)c1ccc(Nc2ncnc(NCc3ccccc3)c2[N+](=O)[O-])cc1. The molecule has 0 atom stereocenters. The smallest absolute Gasteiger partial charge is 0.353 e. The van der Waals surface area contributed by atoms with Crippen molar-refractivity contribution < 1.29 is 4.92 Å². The van der Waals surface area contributed by atoms with Crippen LogP contribution in [-0.4, -0.2) is 14.9 Å². The van der Waals surface area contributed by atoms with Gasteiger partial charge in [-0.15, -0.1) is 0 Å². The molecule has 3 aromatic rings. The minimum atomic E-state index is -0.474. The predicted molar refractivity (Wildman–Crippen MR) is 106 cm³/mol. The molecule has 1 aromatic heterocycles. The van der Waals surface area contributed by atoms with E-state index in [1.54, 1.807) is 0 Å². The Labute approximate surface area is 157 Å². The first-order valence-electron chi connectivity index (χ1n) is 8.68. The van der Waals surface area contributed by atoms with Crippen molar-refractivity contribution in [2.45, 2.75) is 26.3 Å². The summed E-state index contributed by atoms with van der Waals surface area (Å²) in [5.74, 6) is 0.754. The highest BCUT2D eigenvalue weighted by Gasteiger charge is 2.23. The highest BCUT2D eigenvalue weighted by Crippen LogP contribution is 2.31. The minimum absolute atomic E-state index is 0.155. The number of aromatic nitrogens is 2. The van der Waals surface area contributed by atoms with E-state index in [2.05, 4.69) is 34.4 Å². The summed E-state index contributed by atoms with van der Waals surface area (Å²) < 4.78 is 0. The normalized spacial score (nSPS) is 10.6. The van der Waals surface area contributed by atoms with Gasteiger partial charge in [0.1, 0.15) is 6.33 Å². The Balaban J connectivity index is 1.83. The molecule has 2 aromatic carbocycles. The molecule has 3 rings (SSSR count). The molecule has 1 heterocycles. The van der Waals surface area contributed by atoms with Gasteiger partial charge < -0.3 is 10.6 Å². The van der Waals surface area contributed by atoms with Gasteiger partial charge in [-0.25, -0.2) is 9.97 Å². The number of hydrogen-bond acceptors (Lipinski definition) is 6. The van der Waals surface area contributed by atoms with E-state index in [9.17, 15) is 10.1 Å². The molecule has 0 aliphatic carbocycles. The van der Waals surface area contributed by atoms with Crippen molar-refractivity contribution in [3.05, 3.63) is 82.2 Å². The van der Waals surface area contributed by atoms with E-state index in [1.807, 2.05) is 54.6 Å². The molecule has 0 radical (unpaired) electrons. The molecule has 2 N–H and O–H groups in total. The van der Waals surface area contributed by atoms with Gasteiger partial charge in [-0.05, 0) is 29.2 Å². The number of hydrogen-bond donors (Lipinski definition) is 2. The summed E-state index contributed by atoms with van der Waals surface area (Å²) in [6.07, 6.45) is 1.31. The Kier molecular flexibility index (Phi) is 5.61. The maximum atomic E-state index is 11.6. The molecule has 138 valence electrons. The summed E-state index contributed by atoms with van der Waals surface area (Å²) in [6, 6.07) is 17.4. The predicted octanol–water partition coefficient (Wildman–Crippen LogP) is 4.86. The lowest BCUT2D eigenvalue weighted by atomic mass is 10.0. The van der Waals surface area contributed by atoms with Crippen LogP contribution in [0.1, 0.15) is 30.9 Å². The second-order valence-electron chi connectivity index (χ2n) is 6.42. The lowest BCUT2D eigenvalue weighted by Gasteiger charge is -2.11. The number of rotatable bonds is 7. The van der Waals surface area contributed by atoms with E-state index in [4.69, 9.17) is 0 Å². The van der Waals surface area contributed by atoms with Crippen LogP contribution in [0, 0.1) is 10.1 Å². The minimum Gasteiger partial charge on any atom is -0.360 e. The van der Waals surface area contributed by atoms with Gasteiger partial charge >= 0.3 is 5.69 Å². The zero-order valence-corrected chi connectivity index (χ0v) is 15.2. The van der Waals surface area contributed by atoms with Crippen molar-refractivity contribution in [2.24, 2.45) is 0 Å². The third-order valence-electron chi connectivity index (χ3n) is 4.15. The van der Waals surface area contributed by atoms with E-state index < -0.39 is 4.92 Å². The summed E-state index contributed by atoms with van der Waals surface area (Å²) in [5, 5.41) is 17.7. The average Bonchev–Trinajstić information content (AvgIpc) is 2.67. The average molecular weight is 363 g/mol. The molecule has 0 fully saturated rings. The number of nitro groups is 1. The molecule has 0 unspecified atom stereocenters. The zero-order chi connectivity index (χ0) is 19.2. The van der Waals surface area contributed by atoms with Gasteiger partial charge in [0.2, 0.25) is 11.6 Å². The fourth-order valence-electron chi connectivity index (χ4n) is 2.64.